The predicted molar refractivity (Wildman–Crippen MR) is 73.1 cm³/mol. The van der Waals surface area contributed by atoms with E-state index in [1.54, 1.807) is 0 Å². The molecule has 0 radical (unpaired) electrons. The van der Waals surface area contributed by atoms with Gasteiger partial charge in [0.05, 0.1) is 18.9 Å². The molecular weight excluding hydrogens is 264 g/mol. The van der Waals surface area contributed by atoms with Crippen LogP contribution >= 0.6 is 0 Å². The Labute approximate surface area is 160 Å². The summed E-state index contributed by atoms with van der Waals surface area (Å²) in [5.41, 5.74) is 0. The third-order valence-corrected chi connectivity index (χ3v) is 1.60. The van der Waals surface area contributed by atoms with Crippen LogP contribution in [0.3, 0.4) is 0 Å². The average molecular weight is 321 g/mol. The van der Waals surface area contributed by atoms with Gasteiger partial charge in [0.2, 0.25) is 5.72 Å². The topological polar surface area (TPSA) is 99.4 Å². The van der Waals surface area contributed by atoms with E-state index in [2.05, 4.69) is 29.9 Å². The Balaban J connectivity index is 4.11. The Hall–Kier alpha value is -0.240. The van der Waals surface area contributed by atoms with Gasteiger partial charge in [-0.1, -0.05) is 38.7 Å². The lowest BCUT2D eigenvalue weighted by Crippen LogP contribution is -2.59. The number of hydrogen-bond acceptors (Lipinski definition) is 6. The number of hydrogen-bond donors (Lipinski definition) is 4. The molecule has 0 bridgehead atoms. The van der Waals surface area contributed by atoms with Crippen molar-refractivity contribution in [3.8, 4) is 0 Å². The molecule has 1 heterocycles. The summed E-state index contributed by atoms with van der Waals surface area (Å²) in [7, 11) is 0. The summed E-state index contributed by atoms with van der Waals surface area (Å²) >= 11 is 0. The van der Waals surface area contributed by atoms with Crippen molar-refractivity contribution in [1.29, 1.82) is 5.72 Å². The lowest BCUT2D eigenvalue weighted by molar-refractivity contribution is -0.301. The summed E-state index contributed by atoms with van der Waals surface area (Å²) in [4.78, 5) is 0. The summed E-state index contributed by atoms with van der Waals surface area (Å²) in [5, 5.41) is 15.1. The molecule has 1 aliphatic rings. The van der Waals surface area contributed by atoms with E-state index in [9.17, 15) is 0 Å². The first kappa shape index (κ1) is 3.05. The number of rotatable bonds is 13. The molecule has 0 unspecified atom stereocenters. The highest BCUT2D eigenvalue weighted by Crippen LogP contribution is 2.22. The largest absolute Gasteiger partial charge is 0.394 e. The second-order valence-electron chi connectivity index (χ2n) is 2.76. The normalized spacial score (nSPS) is 79.4. The molecule has 0 aliphatic carbocycles. The van der Waals surface area contributed by atoms with Gasteiger partial charge in [-0.05, 0) is 6.37 Å². The number of aliphatic hydroxyl groups is 4. The van der Waals surface area contributed by atoms with Gasteiger partial charge in [-0.15, -0.1) is 0 Å². The van der Waals surface area contributed by atoms with Crippen molar-refractivity contribution in [1.82, 2.24) is 0 Å². The third kappa shape index (κ3) is 5.27. The monoisotopic (exact) mass is 320 g/mol. The Kier molecular flexibility index (Phi) is 1.47. The van der Waals surface area contributed by atoms with Crippen molar-refractivity contribution in [2.75, 3.05) is 13.1 Å². The van der Waals surface area contributed by atoms with Crippen LogP contribution < -0.4 is 0 Å². The van der Waals surface area contributed by atoms with Gasteiger partial charge in [-0.2, -0.15) is 0 Å². The molecule has 0 aromatic rings. The van der Waals surface area contributed by atoms with Crippen LogP contribution in [0.1, 0.15) is 78.0 Å². The molecule has 4 N–H and O–H groups in total. The Morgan fingerprint density at radius 1 is 1.15 bits per heavy atom. The minimum absolute atomic E-state index is 3.60. The zero-order valence-electron chi connectivity index (χ0n) is 37.4. The molecule has 1 saturated heterocycles. The SMILES string of the molecule is [2H]OC([2H])([2H])[C@@]1([2H])O[C@@]([2H])(OC([2H])([2H])C([2H])([2H])C([2H])([2H])C([2H])([2H])C([2H])([2H])C([2H])([2H])C([2H])([2H])C([2H])([2H])[2H])[C@]([2H])(O[2H])[C@@]([2H])(O[2H])[C@]1([2H])O[2H]. The highest BCUT2D eigenvalue weighted by Gasteiger charge is 2.43. The van der Waals surface area contributed by atoms with Gasteiger partial charge in [0, 0.05) is 27.1 Å². The van der Waals surface area contributed by atoms with Gasteiger partial charge >= 0.3 is 0 Å². The zero-order valence-corrected chi connectivity index (χ0v) is 9.45. The first-order valence-electron chi connectivity index (χ1n) is 18.3. The van der Waals surface area contributed by atoms with E-state index in [1.807, 2.05) is 0 Å². The fourth-order valence-corrected chi connectivity index (χ4v) is 0.841. The second kappa shape index (κ2) is 9.65. The van der Waals surface area contributed by atoms with E-state index in [0.717, 1.165) is 0 Å². The molecule has 6 nitrogen and oxygen atoms in total. The highest BCUT2D eigenvalue weighted by atomic mass is 16.7. The quantitative estimate of drug-likeness (QED) is 0.386. The Morgan fingerprint density at radius 3 is 2.70 bits per heavy atom. The van der Waals surface area contributed by atoms with Crippen molar-refractivity contribution in [2.24, 2.45) is 0 Å². The second-order valence-corrected chi connectivity index (χ2v) is 2.76. The van der Waals surface area contributed by atoms with Crippen molar-refractivity contribution in [2.45, 2.75) is 75.7 Å². The molecule has 0 spiro atoms. The molecule has 0 aromatic heterocycles. The molecule has 6 heteroatoms. The van der Waals surface area contributed by atoms with Crippen molar-refractivity contribution in [3.05, 3.63) is 0 Å². The summed E-state index contributed by atoms with van der Waals surface area (Å²) in [6.45, 7) is -13.3. The molecule has 5 atom stereocenters. The Bertz CT molecular complexity index is 1190. The third-order valence-electron chi connectivity index (χ3n) is 1.60. The van der Waals surface area contributed by atoms with E-state index in [1.165, 1.54) is 0 Å². The summed E-state index contributed by atoms with van der Waals surface area (Å²) in [6, 6.07) is 0. The van der Waals surface area contributed by atoms with Gasteiger partial charge in [-0.25, -0.2) is 0 Å². The van der Waals surface area contributed by atoms with E-state index in [-0.39, 0.29) is 0 Å². The van der Waals surface area contributed by atoms with Gasteiger partial charge in [0.1, 0.15) is 24.3 Å². The molecule has 1 fully saturated rings. The van der Waals surface area contributed by atoms with Gasteiger partial charge in [-0.3, -0.25) is 0 Å². The first-order valence-corrected chi connectivity index (χ1v) is 4.63. The standard InChI is InChI=1S/C14H28O6/c1-2-3-4-5-6-7-8-19-14-13(18)12(17)11(16)10(9-15)20-14/h10-18H,2-9H2,1H3/t10-,11-,12+,13-,14-/m1/s1/i1D3,2D2,3D2,4D2,5D2,6D2,7D2,8D2,9D2,10D,11D,12D,13D,14D,15D,16D,17D,18D. The maximum absolute atomic E-state index is 8.43. The Morgan fingerprint density at radius 2 is 1.95 bits per heavy atom. The smallest absolute Gasteiger partial charge is 0.211 e. The van der Waals surface area contributed by atoms with E-state index >= 15 is 0 Å². The molecule has 1 rings (SSSR count). The van der Waals surface area contributed by atoms with E-state index in [4.69, 9.17) is 38.6 Å². The summed E-state index contributed by atoms with van der Waals surface area (Å²) < 4.78 is 228. The molecule has 0 saturated carbocycles. The molecule has 120 valence electrons. The number of ether oxygens (including phenoxy) is 2. The maximum Gasteiger partial charge on any atom is 0.211 e. The first-order chi connectivity index (χ1) is 20.7. The fraction of sp³-hybridized carbons (Fsp3) is 1.00. The predicted octanol–water partition coefficient (Wildman–Crippen LogP) is 0.163. The minimum Gasteiger partial charge on any atom is -0.394 e. The van der Waals surface area contributed by atoms with Crippen LogP contribution in [0.2, 0.25) is 0 Å². The van der Waals surface area contributed by atoms with Crippen molar-refractivity contribution < 1.29 is 62.8 Å². The molecule has 1 aliphatic heterocycles. The fourth-order valence-electron chi connectivity index (χ4n) is 0.841. The van der Waals surface area contributed by atoms with E-state index in [0.29, 0.717) is 0 Å². The summed E-state index contributed by atoms with van der Waals surface area (Å²) in [6.07, 6.45) is -51.3. The van der Waals surface area contributed by atoms with Crippen LogP contribution in [0.5, 0.6) is 0 Å². The van der Waals surface area contributed by atoms with Crippen LogP contribution in [0.4, 0.5) is 0 Å². The molecule has 0 amide bonds. The summed E-state index contributed by atoms with van der Waals surface area (Å²) in [5.74, 6) is 0. The molecule has 0 aromatic carbocycles. The van der Waals surface area contributed by atoms with Crippen LogP contribution in [0, 0.1) is 0 Å². The maximum atomic E-state index is 8.43. The van der Waals surface area contributed by atoms with Gasteiger partial charge < -0.3 is 29.9 Å². The highest BCUT2D eigenvalue weighted by molar-refractivity contribution is 4.88. The van der Waals surface area contributed by atoms with E-state index < -0.39 is 88.8 Å². The minimum atomic E-state index is -4.93. The average Bonchev–Trinajstić information content (AvgIpc) is 2.92. The van der Waals surface area contributed by atoms with Crippen molar-refractivity contribution >= 4 is 0 Å². The van der Waals surface area contributed by atoms with Gasteiger partial charge in [0.15, 0.2) is 6.27 Å². The zero-order chi connectivity index (χ0) is 39.2. The van der Waals surface area contributed by atoms with Crippen molar-refractivity contribution in [3.63, 3.8) is 0 Å². The van der Waals surface area contributed by atoms with Crippen LogP contribution in [0.15, 0.2) is 0 Å². The van der Waals surface area contributed by atoms with Crippen LogP contribution in [-0.2, 0) is 9.47 Å². The van der Waals surface area contributed by atoms with Gasteiger partial charge in [0.25, 0.3) is 0 Å². The molecule has 20 heavy (non-hydrogen) atoms. The van der Waals surface area contributed by atoms with Crippen LogP contribution in [0.25, 0.3) is 0 Å². The lowest BCUT2D eigenvalue weighted by Gasteiger charge is -2.39. The molecular formula is C14H28O6. The van der Waals surface area contributed by atoms with Crippen LogP contribution in [-0.4, -0.2) is 69.9 Å². The lowest BCUT2D eigenvalue weighted by atomic mass is 9.99.